The van der Waals surface area contributed by atoms with Gasteiger partial charge >= 0.3 is 5.97 Å². The topological polar surface area (TPSA) is 63.7 Å². The Hall–Kier alpha value is -0.620. The van der Waals surface area contributed by atoms with Crippen molar-refractivity contribution in [1.29, 1.82) is 0 Å². The molecule has 0 spiro atoms. The summed E-state index contributed by atoms with van der Waals surface area (Å²) in [5, 5.41) is -0.370. The quantitative estimate of drug-likeness (QED) is 0.722. The van der Waals surface area contributed by atoms with Crippen LogP contribution in [0.25, 0.3) is 0 Å². The largest absolute Gasteiger partial charge is 0.459 e. The van der Waals surface area contributed by atoms with E-state index in [-0.39, 0.29) is 23.0 Å². The van der Waals surface area contributed by atoms with Crippen molar-refractivity contribution in [3.8, 4) is 0 Å². The molecule has 1 fully saturated rings. The highest BCUT2D eigenvalue weighted by atomic mass is 32.2. The highest BCUT2D eigenvalue weighted by molar-refractivity contribution is 7.92. The number of hydrogen-bond acceptors (Lipinski definition) is 5. The first kappa shape index (κ1) is 17.4. The van der Waals surface area contributed by atoms with Crippen molar-refractivity contribution in [1.82, 2.24) is 4.90 Å². The first-order chi connectivity index (χ1) is 9.03. The maximum Gasteiger partial charge on any atom is 0.323 e. The van der Waals surface area contributed by atoms with Crippen LogP contribution in [0.3, 0.4) is 0 Å². The number of esters is 1. The molecule has 5 nitrogen and oxygen atoms in total. The molecule has 0 aromatic rings. The summed E-state index contributed by atoms with van der Waals surface area (Å²) in [5.74, 6) is -0.138. The molecular formula is C14H27NO4S. The number of sulfone groups is 1. The van der Waals surface area contributed by atoms with Gasteiger partial charge in [-0.25, -0.2) is 8.42 Å². The van der Waals surface area contributed by atoms with E-state index in [2.05, 4.69) is 0 Å². The highest BCUT2D eigenvalue weighted by Gasteiger charge is 2.34. The van der Waals surface area contributed by atoms with Gasteiger partial charge in [0, 0.05) is 6.54 Å². The Balaban J connectivity index is 2.60. The molecule has 0 saturated carbocycles. The first-order valence-electron chi connectivity index (χ1n) is 7.21. The second-order valence-corrected chi connectivity index (χ2v) is 9.32. The van der Waals surface area contributed by atoms with Gasteiger partial charge < -0.3 is 4.74 Å². The van der Waals surface area contributed by atoms with E-state index in [4.69, 9.17) is 4.74 Å². The second-order valence-electron chi connectivity index (χ2n) is 6.64. The summed E-state index contributed by atoms with van der Waals surface area (Å²) in [4.78, 5) is 14.1. The summed E-state index contributed by atoms with van der Waals surface area (Å²) in [5.41, 5.74) is -0.505. The SMILES string of the molecule is CC(C)S(=O)(=O)CCN1CCC[C@@H]1C(=O)OC(C)(C)C. The maximum absolute atomic E-state index is 12.1. The number of rotatable bonds is 5. The van der Waals surface area contributed by atoms with Gasteiger partial charge in [-0.2, -0.15) is 0 Å². The smallest absolute Gasteiger partial charge is 0.323 e. The molecule has 1 aliphatic heterocycles. The summed E-state index contributed by atoms with van der Waals surface area (Å²) in [6.45, 7) is 10.1. The van der Waals surface area contributed by atoms with E-state index in [1.54, 1.807) is 13.8 Å². The number of nitrogens with zero attached hydrogens (tertiary/aromatic N) is 1. The molecule has 6 heteroatoms. The maximum atomic E-state index is 12.1. The Morgan fingerprint density at radius 3 is 2.45 bits per heavy atom. The van der Waals surface area contributed by atoms with E-state index in [0.717, 1.165) is 19.4 Å². The van der Waals surface area contributed by atoms with Crippen molar-refractivity contribution >= 4 is 15.8 Å². The molecule has 0 aromatic carbocycles. The van der Waals surface area contributed by atoms with Crippen molar-refractivity contribution in [2.24, 2.45) is 0 Å². The van der Waals surface area contributed by atoms with Gasteiger partial charge in [0.2, 0.25) is 0 Å². The molecule has 0 aliphatic carbocycles. The predicted molar refractivity (Wildman–Crippen MR) is 79.4 cm³/mol. The van der Waals surface area contributed by atoms with Gasteiger partial charge in [0.15, 0.2) is 9.84 Å². The lowest BCUT2D eigenvalue weighted by atomic mass is 10.1. The van der Waals surface area contributed by atoms with Crippen LogP contribution in [0.5, 0.6) is 0 Å². The van der Waals surface area contributed by atoms with E-state index in [9.17, 15) is 13.2 Å². The van der Waals surface area contributed by atoms with Crippen molar-refractivity contribution in [3.05, 3.63) is 0 Å². The van der Waals surface area contributed by atoms with Crippen molar-refractivity contribution in [2.45, 2.75) is 64.4 Å². The highest BCUT2D eigenvalue weighted by Crippen LogP contribution is 2.21. The Morgan fingerprint density at radius 2 is 1.95 bits per heavy atom. The molecule has 1 heterocycles. The fraction of sp³-hybridized carbons (Fsp3) is 0.929. The van der Waals surface area contributed by atoms with Gasteiger partial charge in [0.1, 0.15) is 11.6 Å². The zero-order chi connectivity index (χ0) is 15.6. The fourth-order valence-corrected chi connectivity index (χ4v) is 3.17. The summed E-state index contributed by atoms with van der Waals surface area (Å²) >= 11 is 0. The molecule has 20 heavy (non-hydrogen) atoms. The Bertz CT molecular complexity index is 437. The molecule has 0 N–H and O–H groups in total. The molecular weight excluding hydrogens is 278 g/mol. The third kappa shape index (κ3) is 5.05. The average Bonchev–Trinajstić information content (AvgIpc) is 2.72. The van der Waals surface area contributed by atoms with E-state index in [0.29, 0.717) is 6.54 Å². The molecule has 118 valence electrons. The van der Waals surface area contributed by atoms with Gasteiger partial charge in [-0.15, -0.1) is 0 Å². The van der Waals surface area contributed by atoms with E-state index in [1.807, 2.05) is 25.7 Å². The van der Waals surface area contributed by atoms with Gasteiger partial charge in [-0.1, -0.05) is 0 Å². The normalized spacial score (nSPS) is 21.4. The van der Waals surface area contributed by atoms with Crippen LogP contribution in [-0.2, 0) is 19.4 Å². The number of carbonyl (C=O) groups is 1. The molecule has 0 radical (unpaired) electrons. The summed E-state index contributed by atoms with van der Waals surface area (Å²) in [6.07, 6.45) is 1.66. The minimum Gasteiger partial charge on any atom is -0.459 e. The number of ether oxygens (including phenoxy) is 1. The van der Waals surface area contributed by atoms with Gasteiger partial charge in [-0.3, -0.25) is 9.69 Å². The number of likely N-dealkylation sites (tertiary alicyclic amines) is 1. The number of hydrogen-bond donors (Lipinski definition) is 0. The lowest BCUT2D eigenvalue weighted by Crippen LogP contribution is -2.42. The standard InChI is InChI=1S/C14H27NO4S/c1-11(2)20(17,18)10-9-15-8-6-7-12(15)13(16)19-14(3,4)5/h11-12H,6-10H2,1-5H3/t12-/m1/s1. The molecule has 0 bridgehead atoms. The molecule has 1 rings (SSSR count). The third-order valence-electron chi connectivity index (χ3n) is 3.42. The van der Waals surface area contributed by atoms with Crippen molar-refractivity contribution < 1.29 is 17.9 Å². The molecule has 0 unspecified atom stereocenters. The van der Waals surface area contributed by atoms with E-state index >= 15 is 0 Å². The summed E-state index contributed by atoms with van der Waals surface area (Å²) in [7, 11) is -3.06. The van der Waals surface area contributed by atoms with Crippen LogP contribution < -0.4 is 0 Å². The zero-order valence-electron chi connectivity index (χ0n) is 13.2. The molecule has 1 aliphatic rings. The summed E-state index contributed by atoms with van der Waals surface area (Å²) < 4.78 is 29.1. The predicted octanol–water partition coefficient (Wildman–Crippen LogP) is 1.62. The van der Waals surface area contributed by atoms with E-state index < -0.39 is 15.4 Å². The second kappa shape index (κ2) is 6.43. The van der Waals surface area contributed by atoms with Crippen LogP contribution in [0.15, 0.2) is 0 Å². The van der Waals surface area contributed by atoms with Crippen LogP contribution in [-0.4, -0.2) is 55.0 Å². The molecule has 0 amide bonds. The third-order valence-corrected chi connectivity index (χ3v) is 5.61. The van der Waals surface area contributed by atoms with Crippen molar-refractivity contribution in [3.63, 3.8) is 0 Å². The van der Waals surface area contributed by atoms with E-state index in [1.165, 1.54) is 0 Å². The van der Waals surface area contributed by atoms with Crippen LogP contribution in [0.1, 0.15) is 47.5 Å². The van der Waals surface area contributed by atoms with Crippen LogP contribution in [0.4, 0.5) is 0 Å². The number of carbonyl (C=O) groups excluding carboxylic acids is 1. The Morgan fingerprint density at radius 1 is 1.35 bits per heavy atom. The molecule has 1 atom stereocenters. The summed E-state index contributed by atoms with van der Waals surface area (Å²) in [6, 6.07) is -0.295. The van der Waals surface area contributed by atoms with Crippen LogP contribution >= 0.6 is 0 Å². The lowest BCUT2D eigenvalue weighted by molar-refractivity contribution is -0.160. The molecule has 1 saturated heterocycles. The fourth-order valence-electron chi connectivity index (χ4n) is 2.21. The van der Waals surface area contributed by atoms with Crippen molar-refractivity contribution in [2.75, 3.05) is 18.8 Å². The minimum absolute atomic E-state index is 0.101. The molecule has 0 aromatic heterocycles. The minimum atomic E-state index is -3.06. The van der Waals surface area contributed by atoms with Gasteiger partial charge in [0.25, 0.3) is 0 Å². The monoisotopic (exact) mass is 305 g/mol. The Kier molecular flexibility index (Phi) is 5.61. The van der Waals surface area contributed by atoms with Gasteiger partial charge in [0.05, 0.1) is 11.0 Å². The zero-order valence-corrected chi connectivity index (χ0v) is 14.0. The average molecular weight is 305 g/mol. The van der Waals surface area contributed by atoms with Crippen LogP contribution in [0.2, 0.25) is 0 Å². The van der Waals surface area contributed by atoms with Crippen LogP contribution in [0, 0.1) is 0 Å². The van der Waals surface area contributed by atoms with Gasteiger partial charge in [-0.05, 0) is 54.0 Å². The Labute approximate surface area is 122 Å². The lowest BCUT2D eigenvalue weighted by Gasteiger charge is -2.27. The first-order valence-corrected chi connectivity index (χ1v) is 8.93.